The molecule has 12 heteroatoms. The summed E-state index contributed by atoms with van der Waals surface area (Å²) in [5.41, 5.74) is 1.02. The van der Waals surface area contributed by atoms with E-state index in [0.717, 1.165) is 0 Å². The number of benzene rings is 2. The van der Waals surface area contributed by atoms with E-state index < -0.39 is 11.9 Å². The fourth-order valence-electron chi connectivity index (χ4n) is 3.78. The van der Waals surface area contributed by atoms with Crippen molar-refractivity contribution in [1.29, 1.82) is 0 Å². The number of anilines is 2. The van der Waals surface area contributed by atoms with Gasteiger partial charge in [-0.15, -0.1) is 5.10 Å². The topological polar surface area (TPSA) is 97.6 Å². The zero-order valence-electron chi connectivity index (χ0n) is 20.4. The molecule has 0 radical (unpaired) electrons. The average Bonchev–Trinajstić information content (AvgIpc) is 3.26. The van der Waals surface area contributed by atoms with Gasteiger partial charge in [-0.05, 0) is 42.2 Å². The number of amides is 2. The maximum absolute atomic E-state index is 13.3. The molecule has 194 valence electrons. The highest BCUT2D eigenvalue weighted by molar-refractivity contribution is 6.33. The third-order valence-corrected chi connectivity index (χ3v) is 6.37. The van der Waals surface area contributed by atoms with E-state index in [1.165, 1.54) is 20.7 Å². The lowest BCUT2D eigenvalue weighted by Gasteiger charge is -2.35. The number of halogens is 3. The highest BCUT2D eigenvalue weighted by Gasteiger charge is 2.35. The fourth-order valence-corrected chi connectivity index (χ4v) is 4.28. The maximum Gasteiger partial charge on any atom is 0.311 e. The Morgan fingerprint density at radius 1 is 0.973 bits per heavy atom. The molecular formula is C25H24Cl3N5O4. The summed E-state index contributed by atoms with van der Waals surface area (Å²) in [6.45, 7) is 5.46. The molecule has 9 nitrogen and oxygen atoms in total. The van der Waals surface area contributed by atoms with Gasteiger partial charge in [0.1, 0.15) is 13.1 Å². The third-order valence-electron chi connectivity index (χ3n) is 5.66. The number of aromatic nitrogens is 3. The van der Waals surface area contributed by atoms with Gasteiger partial charge in [-0.2, -0.15) is 0 Å². The second kappa shape index (κ2) is 10.7. The molecule has 37 heavy (non-hydrogen) atoms. The quantitative estimate of drug-likeness (QED) is 0.296. The Morgan fingerprint density at radius 2 is 1.65 bits per heavy atom. The highest BCUT2D eigenvalue weighted by Crippen LogP contribution is 2.38. The van der Waals surface area contributed by atoms with Crippen LogP contribution in [0.1, 0.15) is 33.6 Å². The minimum Gasteiger partial charge on any atom is -0.423 e. The number of rotatable bonds is 6. The monoisotopic (exact) mass is 563 g/mol. The molecule has 1 aromatic heterocycles. The largest absolute Gasteiger partial charge is 0.423 e. The summed E-state index contributed by atoms with van der Waals surface area (Å²) in [5, 5.41) is 8.41. The predicted molar refractivity (Wildman–Crippen MR) is 142 cm³/mol. The molecule has 3 aromatic rings. The Balaban J connectivity index is 1.61. The van der Waals surface area contributed by atoms with Gasteiger partial charge >= 0.3 is 5.97 Å². The second-order valence-corrected chi connectivity index (χ2v) is 10.9. The van der Waals surface area contributed by atoms with Gasteiger partial charge in [0, 0.05) is 11.4 Å². The van der Waals surface area contributed by atoms with Crippen LogP contribution in [0.4, 0.5) is 11.4 Å². The van der Waals surface area contributed by atoms with Crippen LogP contribution in [0.3, 0.4) is 0 Å². The highest BCUT2D eigenvalue weighted by atomic mass is 35.5. The van der Waals surface area contributed by atoms with Gasteiger partial charge < -0.3 is 4.74 Å². The number of piperazine rings is 1. The average molecular weight is 565 g/mol. The van der Waals surface area contributed by atoms with E-state index in [4.69, 9.17) is 39.5 Å². The molecule has 0 spiro atoms. The number of carbonyl (C=O) groups is 3. The second-order valence-electron chi connectivity index (χ2n) is 9.70. The van der Waals surface area contributed by atoms with Crippen molar-refractivity contribution >= 4 is 64.0 Å². The minimum absolute atomic E-state index is 0.0402. The van der Waals surface area contributed by atoms with E-state index in [0.29, 0.717) is 22.8 Å². The number of carbonyl (C=O) groups excluding carboxylic acids is 3. The van der Waals surface area contributed by atoms with E-state index >= 15 is 0 Å². The first kappa shape index (κ1) is 26.9. The first-order chi connectivity index (χ1) is 17.4. The molecule has 0 aliphatic carbocycles. The van der Waals surface area contributed by atoms with E-state index in [-0.39, 0.29) is 52.4 Å². The number of ether oxygens (including phenoxy) is 1. The molecule has 0 unspecified atom stereocenters. The molecular weight excluding hydrogens is 541 g/mol. The summed E-state index contributed by atoms with van der Waals surface area (Å²) >= 11 is 18.5. The Morgan fingerprint density at radius 3 is 2.27 bits per heavy atom. The van der Waals surface area contributed by atoms with Gasteiger partial charge in [-0.1, -0.05) is 66.9 Å². The van der Waals surface area contributed by atoms with Gasteiger partial charge in [0.05, 0.1) is 28.3 Å². The third kappa shape index (κ3) is 6.23. The van der Waals surface area contributed by atoms with Gasteiger partial charge in [0.25, 0.3) is 0 Å². The van der Waals surface area contributed by atoms with Crippen LogP contribution in [0.25, 0.3) is 5.69 Å². The van der Waals surface area contributed by atoms with Crippen molar-refractivity contribution < 1.29 is 19.1 Å². The zero-order valence-corrected chi connectivity index (χ0v) is 22.6. The first-order valence-electron chi connectivity index (χ1n) is 11.4. The predicted octanol–water partition coefficient (Wildman–Crippen LogP) is 5.34. The number of hydrogen-bond acceptors (Lipinski definition) is 6. The molecule has 2 heterocycles. The van der Waals surface area contributed by atoms with E-state index in [1.807, 2.05) is 20.8 Å². The van der Waals surface area contributed by atoms with Crippen molar-refractivity contribution in [3.05, 3.63) is 57.8 Å². The van der Waals surface area contributed by atoms with Gasteiger partial charge in [-0.25, -0.2) is 4.68 Å². The van der Waals surface area contributed by atoms with Gasteiger partial charge in [0.15, 0.2) is 10.9 Å². The summed E-state index contributed by atoms with van der Waals surface area (Å²) < 4.78 is 6.97. The Bertz CT molecular complexity index is 1370. The van der Waals surface area contributed by atoms with Crippen LogP contribution in [0.5, 0.6) is 5.75 Å². The van der Waals surface area contributed by atoms with Crippen LogP contribution in [0, 0.1) is 5.41 Å². The van der Waals surface area contributed by atoms with Crippen LogP contribution in [0.2, 0.25) is 15.2 Å². The summed E-state index contributed by atoms with van der Waals surface area (Å²) in [6, 6.07) is 9.61. The van der Waals surface area contributed by atoms with Crippen molar-refractivity contribution in [1.82, 2.24) is 15.0 Å². The van der Waals surface area contributed by atoms with Crippen molar-refractivity contribution in [2.45, 2.75) is 33.6 Å². The molecule has 2 amide bonds. The summed E-state index contributed by atoms with van der Waals surface area (Å²) in [7, 11) is 0. The molecule has 0 saturated carbocycles. The SMILES string of the molecule is CC(C)(C)CCC(=O)Oc1c(Cl)cccc1N1CC(=O)N(c2cc(Cl)ccc2-n2cc(Cl)nn2)CC1=O. The zero-order chi connectivity index (χ0) is 26.9. The van der Waals surface area contributed by atoms with Crippen molar-refractivity contribution in [3.8, 4) is 11.4 Å². The van der Waals surface area contributed by atoms with Gasteiger partial charge in [0.2, 0.25) is 11.8 Å². The van der Waals surface area contributed by atoms with Gasteiger partial charge in [-0.3, -0.25) is 24.2 Å². The van der Waals surface area contributed by atoms with Crippen molar-refractivity contribution in [3.63, 3.8) is 0 Å². The Kier molecular flexibility index (Phi) is 7.77. The molecule has 1 saturated heterocycles. The van der Waals surface area contributed by atoms with E-state index in [1.54, 1.807) is 36.4 Å². The lowest BCUT2D eigenvalue weighted by molar-refractivity contribution is -0.135. The Labute approximate surface area is 228 Å². The first-order valence-corrected chi connectivity index (χ1v) is 12.5. The minimum atomic E-state index is -0.475. The van der Waals surface area contributed by atoms with Crippen molar-refractivity contribution in [2.75, 3.05) is 22.9 Å². The summed E-state index contributed by atoms with van der Waals surface area (Å²) in [5.74, 6) is -1.23. The lowest BCUT2D eigenvalue weighted by Crippen LogP contribution is -2.54. The molecule has 2 aromatic carbocycles. The summed E-state index contributed by atoms with van der Waals surface area (Å²) in [6.07, 6.45) is 2.27. The molecule has 0 atom stereocenters. The number of nitrogens with zero attached hydrogens (tertiary/aromatic N) is 5. The molecule has 0 bridgehead atoms. The molecule has 1 aliphatic rings. The van der Waals surface area contributed by atoms with Crippen LogP contribution >= 0.6 is 34.8 Å². The van der Waals surface area contributed by atoms with Crippen LogP contribution < -0.4 is 14.5 Å². The van der Waals surface area contributed by atoms with E-state index in [9.17, 15) is 14.4 Å². The fraction of sp³-hybridized carbons (Fsp3) is 0.320. The smallest absolute Gasteiger partial charge is 0.311 e. The normalized spacial score (nSPS) is 14.3. The molecule has 1 aliphatic heterocycles. The van der Waals surface area contributed by atoms with Crippen LogP contribution in [-0.2, 0) is 14.4 Å². The summed E-state index contributed by atoms with van der Waals surface area (Å²) in [4.78, 5) is 41.8. The maximum atomic E-state index is 13.3. The number of esters is 1. The molecule has 1 fully saturated rings. The van der Waals surface area contributed by atoms with E-state index in [2.05, 4.69) is 10.3 Å². The molecule has 0 N–H and O–H groups in total. The number of para-hydroxylation sites is 1. The van der Waals surface area contributed by atoms with Crippen molar-refractivity contribution in [2.24, 2.45) is 5.41 Å². The number of hydrogen-bond donors (Lipinski definition) is 0. The van der Waals surface area contributed by atoms with Crippen LogP contribution in [0.15, 0.2) is 42.6 Å². The lowest BCUT2D eigenvalue weighted by atomic mass is 9.91. The standard InChI is InChI=1S/C25H24Cl3N5O4/c1-25(2,3)10-9-23(36)37-24-16(27)5-4-6-18(24)31-13-22(35)32(14-21(31)34)19-11-15(26)7-8-17(19)33-12-20(28)29-30-33/h4-8,11-12H,9-10,13-14H2,1-3H3. The molecule has 4 rings (SSSR count). The van der Waals surface area contributed by atoms with Crippen LogP contribution in [-0.4, -0.2) is 45.9 Å². The Hall–Kier alpha value is -3.14.